The van der Waals surface area contributed by atoms with Crippen LogP contribution in [0.25, 0.3) is 5.69 Å². The molecule has 14 heteroatoms. The van der Waals surface area contributed by atoms with Crippen LogP contribution < -0.4 is 9.47 Å². The first-order chi connectivity index (χ1) is 19.3. The molecule has 10 nitrogen and oxygen atoms in total. The Bertz CT molecular complexity index is 1540. The lowest BCUT2D eigenvalue weighted by Crippen LogP contribution is -2.11. The fourth-order valence-corrected chi connectivity index (χ4v) is 6.73. The van der Waals surface area contributed by atoms with Gasteiger partial charge in [0.1, 0.15) is 12.2 Å². The van der Waals surface area contributed by atoms with Crippen LogP contribution in [0, 0.1) is 0 Å². The number of nitrogens with zero attached hydrogens (tertiary/aromatic N) is 6. The zero-order valence-corrected chi connectivity index (χ0v) is 24.9. The Morgan fingerprint density at radius 1 is 1.10 bits per heavy atom. The maximum Gasteiger partial charge on any atom is 0.313 e. The van der Waals surface area contributed by atoms with Crippen LogP contribution >= 0.6 is 46.6 Å². The molecule has 0 radical (unpaired) electrons. The summed E-state index contributed by atoms with van der Waals surface area (Å²) in [5.74, 6) is 1.81. The van der Waals surface area contributed by atoms with Crippen LogP contribution in [0.2, 0.25) is 15.3 Å². The van der Waals surface area contributed by atoms with Gasteiger partial charge in [-0.2, -0.15) is 4.80 Å². The van der Waals surface area contributed by atoms with Crippen molar-refractivity contribution < 1.29 is 19.0 Å². The zero-order chi connectivity index (χ0) is 28.4. The molecule has 2 aromatic heterocycles. The Balaban J connectivity index is 1.55. The number of para-hydroxylation sites is 1. The minimum Gasteiger partial charge on any atom is -0.493 e. The third kappa shape index (κ3) is 5.60. The SMILES string of the molecule is CCOC(=O)Cc1nnn(CC[C@@H]2S[C@@H](c3cccc(OC)c3OC)c3cc(Cl)ccc3-n3c2nc(Cl)c3Cl)n1. The van der Waals surface area contributed by atoms with Crippen LogP contribution in [0.3, 0.4) is 0 Å². The fourth-order valence-electron chi connectivity index (χ4n) is 4.64. The number of methoxy groups -OCH3 is 2. The highest BCUT2D eigenvalue weighted by atomic mass is 35.5. The van der Waals surface area contributed by atoms with Crippen molar-refractivity contribution in [2.45, 2.75) is 36.8 Å². The van der Waals surface area contributed by atoms with E-state index >= 15 is 0 Å². The van der Waals surface area contributed by atoms with Gasteiger partial charge in [-0.15, -0.1) is 22.0 Å². The van der Waals surface area contributed by atoms with E-state index in [-0.39, 0.29) is 28.7 Å². The average molecular weight is 624 g/mol. The summed E-state index contributed by atoms with van der Waals surface area (Å²) in [5, 5.41) is 13.1. The minimum atomic E-state index is -0.404. The van der Waals surface area contributed by atoms with Crippen molar-refractivity contribution in [3.05, 3.63) is 74.5 Å². The molecule has 0 saturated heterocycles. The molecular formula is C26H25Cl3N6O4S. The second-order valence-electron chi connectivity index (χ2n) is 8.75. The lowest BCUT2D eigenvalue weighted by molar-refractivity contribution is -0.142. The summed E-state index contributed by atoms with van der Waals surface area (Å²) in [6, 6.07) is 11.4. The molecule has 4 aromatic rings. The van der Waals surface area contributed by atoms with Gasteiger partial charge in [0.25, 0.3) is 0 Å². The molecule has 1 aliphatic heterocycles. The number of esters is 1. The van der Waals surface area contributed by atoms with Gasteiger partial charge < -0.3 is 14.2 Å². The predicted octanol–water partition coefficient (Wildman–Crippen LogP) is 5.91. The second-order valence-corrected chi connectivity index (χ2v) is 11.2. The molecule has 0 amide bonds. The number of halogens is 3. The smallest absolute Gasteiger partial charge is 0.313 e. The minimum absolute atomic E-state index is 0.0462. The number of carbonyl (C=O) groups is 1. The average Bonchev–Trinajstić information content (AvgIpc) is 3.47. The summed E-state index contributed by atoms with van der Waals surface area (Å²) in [6.07, 6.45) is 0.503. The largest absolute Gasteiger partial charge is 0.493 e. The molecule has 2 aromatic carbocycles. The van der Waals surface area contributed by atoms with Crippen molar-refractivity contribution in [2.75, 3.05) is 20.8 Å². The monoisotopic (exact) mass is 622 g/mol. The quantitative estimate of drug-likeness (QED) is 0.210. The highest BCUT2D eigenvalue weighted by molar-refractivity contribution is 8.00. The molecule has 5 rings (SSSR count). The van der Waals surface area contributed by atoms with Crippen molar-refractivity contribution in [3.8, 4) is 17.2 Å². The Hall–Kier alpha value is -2.99. The van der Waals surface area contributed by atoms with Crippen LogP contribution in [-0.4, -0.2) is 56.6 Å². The van der Waals surface area contributed by atoms with Crippen LogP contribution in [0.5, 0.6) is 11.5 Å². The normalized spacial score (nSPS) is 16.1. The fraction of sp³-hybridized carbons (Fsp3) is 0.346. The van der Waals surface area contributed by atoms with E-state index in [2.05, 4.69) is 20.4 Å². The van der Waals surface area contributed by atoms with Gasteiger partial charge in [0.2, 0.25) is 0 Å². The molecule has 2 atom stereocenters. The van der Waals surface area contributed by atoms with E-state index in [0.717, 1.165) is 16.8 Å². The highest BCUT2D eigenvalue weighted by Crippen LogP contribution is 2.54. The van der Waals surface area contributed by atoms with Gasteiger partial charge in [-0.3, -0.25) is 9.36 Å². The lowest BCUT2D eigenvalue weighted by atomic mass is 10.0. The number of aromatic nitrogens is 6. The van der Waals surface area contributed by atoms with Gasteiger partial charge in [0.15, 0.2) is 27.6 Å². The van der Waals surface area contributed by atoms with Crippen LogP contribution in [0.4, 0.5) is 0 Å². The molecule has 0 fully saturated rings. The van der Waals surface area contributed by atoms with Gasteiger partial charge >= 0.3 is 5.97 Å². The maximum atomic E-state index is 11.8. The topological polar surface area (TPSA) is 106 Å². The number of hydrogen-bond acceptors (Lipinski definition) is 9. The van der Waals surface area contributed by atoms with Crippen LogP contribution in [0.1, 0.15) is 46.6 Å². The van der Waals surface area contributed by atoms with Crippen molar-refractivity contribution in [3.63, 3.8) is 0 Å². The number of rotatable bonds is 9. The number of carbonyl (C=O) groups excluding carboxylic acids is 1. The molecule has 0 unspecified atom stereocenters. The molecule has 0 spiro atoms. The maximum absolute atomic E-state index is 11.8. The van der Waals surface area contributed by atoms with Crippen LogP contribution in [0.15, 0.2) is 36.4 Å². The second kappa shape index (κ2) is 12.3. The van der Waals surface area contributed by atoms with Gasteiger partial charge in [-0.25, -0.2) is 4.98 Å². The van der Waals surface area contributed by atoms with Gasteiger partial charge in [0, 0.05) is 10.6 Å². The molecular weight excluding hydrogens is 599 g/mol. The van der Waals surface area contributed by atoms with Gasteiger partial charge in [0.05, 0.1) is 43.6 Å². The third-order valence-electron chi connectivity index (χ3n) is 6.32. The van der Waals surface area contributed by atoms with E-state index < -0.39 is 5.97 Å². The van der Waals surface area contributed by atoms with Crippen LogP contribution in [-0.2, 0) is 22.5 Å². The molecule has 3 heterocycles. The molecule has 0 saturated carbocycles. The van der Waals surface area contributed by atoms with E-state index in [4.69, 9.17) is 49.0 Å². The number of fused-ring (bicyclic) bond motifs is 3. The first-order valence-electron chi connectivity index (χ1n) is 12.4. The van der Waals surface area contributed by atoms with Gasteiger partial charge in [-0.05, 0) is 48.4 Å². The number of ether oxygens (including phenoxy) is 3. The molecule has 1 aliphatic rings. The van der Waals surface area contributed by atoms with E-state index in [9.17, 15) is 4.79 Å². The standard InChI is InChI=1S/C26H25Cl3N6O4S/c1-4-39-21(36)13-20-31-33-34(32-20)11-10-19-26-30-24(28)25(29)35(26)17-9-8-14(27)12-16(17)23(40-19)15-6-5-7-18(37-2)22(15)38-3/h5-9,12,19,23H,4,10-11,13H2,1-3H3/t19-,23-/m0/s1. The number of aryl methyl sites for hydroxylation is 1. The zero-order valence-electron chi connectivity index (χ0n) is 21.8. The number of thioether (sulfide) groups is 1. The number of imidazole rings is 1. The summed E-state index contributed by atoms with van der Waals surface area (Å²) in [4.78, 5) is 17.9. The first-order valence-corrected chi connectivity index (χ1v) is 14.4. The van der Waals surface area contributed by atoms with Crippen molar-refractivity contribution in [2.24, 2.45) is 0 Å². The molecule has 0 N–H and O–H groups in total. The van der Waals surface area contributed by atoms with Crippen molar-refractivity contribution >= 4 is 52.5 Å². The highest BCUT2D eigenvalue weighted by Gasteiger charge is 2.35. The predicted molar refractivity (Wildman–Crippen MR) is 153 cm³/mol. The van der Waals surface area contributed by atoms with E-state index in [1.54, 1.807) is 32.9 Å². The van der Waals surface area contributed by atoms with E-state index in [0.29, 0.717) is 46.3 Å². The molecule has 210 valence electrons. The molecule has 40 heavy (non-hydrogen) atoms. The van der Waals surface area contributed by atoms with Crippen molar-refractivity contribution in [1.29, 1.82) is 0 Å². The van der Waals surface area contributed by atoms with E-state index in [1.165, 1.54) is 4.80 Å². The Kier molecular flexibility index (Phi) is 8.74. The Labute approximate surface area is 249 Å². The first kappa shape index (κ1) is 28.5. The number of hydrogen-bond donors (Lipinski definition) is 0. The lowest BCUT2D eigenvalue weighted by Gasteiger charge is -2.24. The summed E-state index contributed by atoms with van der Waals surface area (Å²) >= 11 is 21.3. The summed E-state index contributed by atoms with van der Waals surface area (Å²) < 4.78 is 18.2. The Morgan fingerprint density at radius 3 is 2.67 bits per heavy atom. The summed E-state index contributed by atoms with van der Waals surface area (Å²) in [6.45, 7) is 2.43. The molecule has 0 bridgehead atoms. The van der Waals surface area contributed by atoms with Gasteiger partial charge in [-0.1, -0.05) is 46.9 Å². The summed E-state index contributed by atoms with van der Waals surface area (Å²) in [5.41, 5.74) is 2.63. The number of benzene rings is 2. The summed E-state index contributed by atoms with van der Waals surface area (Å²) in [7, 11) is 3.22. The Morgan fingerprint density at radius 2 is 1.93 bits per heavy atom. The third-order valence-corrected chi connectivity index (χ3v) is 8.82. The molecule has 0 aliphatic carbocycles. The van der Waals surface area contributed by atoms with Crippen molar-refractivity contribution in [1.82, 2.24) is 29.8 Å². The number of tetrazole rings is 1. The van der Waals surface area contributed by atoms with E-state index in [1.807, 2.05) is 41.0 Å².